The van der Waals surface area contributed by atoms with E-state index in [0.717, 1.165) is 12.8 Å². The summed E-state index contributed by atoms with van der Waals surface area (Å²) in [6.07, 6.45) is 9.39. The van der Waals surface area contributed by atoms with E-state index >= 15 is 0 Å². The second-order valence-corrected chi connectivity index (χ2v) is 4.71. The molecule has 2 aliphatic carbocycles. The Balaban J connectivity index is 0. The van der Waals surface area contributed by atoms with Gasteiger partial charge in [-0.15, -0.1) is 5.92 Å². The average Bonchev–Trinajstić information content (AvgIpc) is 2.35. The van der Waals surface area contributed by atoms with E-state index in [-0.39, 0.29) is 45.6 Å². The van der Waals surface area contributed by atoms with Crippen LogP contribution in [0.3, 0.4) is 0 Å². The van der Waals surface area contributed by atoms with Crippen molar-refractivity contribution in [2.24, 2.45) is 11.8 Å². The molecule has 1 saturated carbocycles. The van der Waals surface area contributed by atoms with Gasteiger partial charge >= 0.3 is 5.97 Å². The predicted octanol–water partition coefficient (Wildman–Crippen LogP) is 3.72. The summed E-state index contributed by atoms with van der Waals surface area (Å²) in [6.45, 7) is 8.68. The molecule has 0 heterocycles. The molecule has 0 saturated heterocycles. The van der Waals surface area contributed by atoms with Crippen molar-refractivity contribution < 1.29 is 43.1 Å². The minimum Gasteiger partial charge on any atom is -0.458 e. The zero-order chi connectivity index (χ0) is 12.8. The number of allylic oxidation sites excluding steroid dienone is 1. The molecular formula is C15H24Co2O2-2. The average molecular weight is 354 g/mol. The van der Waals surface area contributed by atoms with Crippen molar-refractivity contribution in [1.82, 2.24) is 0 Å². The third-order valence-corrected chi connectivity index (χ3v) is 3.50. The number of esters is 1. The molecule has 0 aromatic heterocycles. The molecule has 2 aliphatic rings. The number of fused-ring (bicyclic) bond motifs is 1. The molecule has 0 spiro atoms. The third-order valence-electron chi connectivity index (χ3n) is 3.50. The van der Waals surface area contributed by atoms with Crippen LogP contribution >= 0.6 is 0 Å². The van der Waals surface area contributed by atoms with Crippen molar-refractivity contribution in [2.75, 3.05) is 0 Å². The van der Waals surface area contributed by atoms with Crippen LogP contribution in [0.25, 0.3) is 0 Å². The van der Waals surface area contributed by atoms with Gasteiger partial charge in [0.1, 0.15) is 6.10 Å². The Hall–Kier alpha value is 0.223. The van der Waals surface area contributed by atoms with Gasteiger partial charge in [-0.05, 0) is 12.3 Å². The first-order valence-corrected chi connectivity index (χ1v) is 6.59. The van der Waals surface area contributed by atoms with E-state index in [1.807, 2.05) is 0 Å². The smallest absolute Gasteiger partial charge is 0.303 e. The number of carbonyl (C=O) groups is 1. The van der Waals surface area contributed by atoms with E-state index in [0.29, 0.717) is 11.8 Å². The Morgan fingerprint density at radius 3 is 2.58 bits per heavy atom. The summed E-state index contributed by atoms with van der Waals surface area (Å²) in [5, 5.41) is 0. The van der Waals surface area contributed by atoms with Crippen molar-refractivity contribution in [3.8, 4) is 0 Å². The fourth-order valence-corrected chi connectivity index (χ4v) is 2.73. The van der Waals surface area contributed by atoms with Crippen LogP contribution in [0.15, 0.2) is 11.6 Å². The van der Waals surface area contributed by atoms with E-state index in [1.165, 1.54) is 25.3 Å². The molecule has 0 amide bonds. The number of hydrogen-bond acceptors (Lipinski definition) is 2. The molecule has 0 aliphatic heterocycles. The van der Waals surface area contributed by atoms with Crippen molar-refractivity contribution >= 4 is 5.97 Å². The molecule has 4 heteroatoms. The minimum absolute atomic E-state index is 0. The van der Waals surface area contributed by atoms with Gasteiger partial charge in [0, 0.05) is 40.5 Å². The van der Waals surface area contributed by atoms with E-state index in [9.17, 15) is 4.79 Å². The maximum absolute atomic E-state index is 11.1. The summed E-state index contributed by atoms with van der Waals surface area (Å²) in [4.78, 5) is 11.1. The van der Waals surface area contributed by atoms with Crippen LogP contribution in [0.2, 0.25) is 0 Å². The summed E-state index contributed by atoms with van der Waals surface area (Å²) in [7, 11) is 0. The molecule has 0 N–H and O–H groups in total. The summed E-state index contributed by atoms with van der Waals surface area (Å²) >= 11 is 0. The Bertz CT molecular complexity index is 290. The van der Waals surface area contributed by atoms with E-state index in [4.69, 9.17) is 4.74 Å². The minimum atomic E-state index is -0.154. The van der Waals surface area contributed by atoms with Gasteiger partial charge in [-0.2, -0.15) is 13.3 Å². The molecule has 2 nitrogen and oxygen atoms in total. The molecule has 19 heavy (non-hydrogen) atoms. The quantitative estimate of drug-likeness (QED) is 0.408. The van der Waals surface area contributed by atoms with Crippen LogP contribution in [0.1, 0.15) is 46.5 Å². The Kier molecular flexibility index (Phi) is 12.4. The van der Waals surface area contributed by atoms with E-state index < -0.39 is 0 Å². The van der Waals surface area contributed by atoms with Crippen molar-refractivity contribution in [2.45, 2.75) is 52.6 Å². The predicted molar refractivity (Wildman–Crippen MR) is 70.1 cm³/mol. The SMILES string of the molecule is CC(=O)OC1C2=CCC[CH-]C2CCC1C.[CH2-]C.[Co].[Co]. The van der Waals surface area contributed by atoms with Gasteiger partial charge in [-0.25, -0.2) is 0 Å². The first-order chi connectivity index (χ1) is 8.18. The monoisotopic (exact) mass is 354 g/mol. The summed E-state index contributed by atoms with van der Waals surface area (Å²) in [5.41, 5.74) is 1.36. The fourth-order valence-electron chi connectivity index (χ4n) is 2.73. The van der Waals surface area contributed by atoms with Gasteiger partial charge in [0.2, 0.25) is 0 Å². The number of rotatable bonds is 1. The van der Waals surface area contributed by atoms with Crippen molar-refractivity contribution in [3.05, 3.63) is 25.0 Å². The number of hydrogen-bond donors (Lipinski definition) is 0. The van der Waals surface area contributed by atoms with Crippen LogP contribution in [0.5, 0.6) is 0 Å². The second kappa shape index (κ2) is 10.9. The second-order valence-electron chi connectivity index (χ2n) is 4.71. The zero-order valence-electron chi connectivity index (χ0n) is 11.9. The van der Waals surface area contributed by atoms with Crippen LogP contribution in [-0.2, 0) is 43.1 Å². The number of ether oxygens (including phenoxy) is 1. The van der Waals surface area contributed by atoms with Gasteiger partial charge in [0.05, 0.1) is 0 Å². The van der Waals surface area contributed by atoms with Crippen molar-refractivity contribution in [3.63, 3.8) is 0 Å². The number of carbonyl (C=O) groups excluding carboxylic acids is 1. The van der Waals surface area contributed by atoms with Gasteiger partial charge < -0.3 is 18.1 Å². The van der Waals surface area contributed by atoms with Crippen LogP contribution in [0, 0.1) is 25.2 Å². The van der Waals surface area contributed by atoms with E-state index in [2.05, 4.69) is 26.3 Å². The van der Waals surface area contributed by atoms with Gasteiger partial charge in [-0.3, -0.25) is 4.79 Å². The van der Waals surface area contributed by atoms with Crippen LogP contribution in [0.4, 0.5) is 0 Å². The standard InChI is InChI=1S/C13H19O2.C2H5.2Co/c1-9-7-8-11-5-3-4-6-12(11)13(9)15-10(2)14;1-2;;/h5-6,9,11,13H,3-4,7-8H2,1-2H3;1H2,2H3;;/q2*-1;;. The van der Waals surface area contributed by atoms with E-state index in [1.54, 1.807) is 6.92 Å². The molecule has 3 atom stereocenters. The summed E-state index contributed by atoms with van der Waals surface area (Å²) in [6, 6.07) is 0. The molecule has 3 unspecified atom stereocenters. The molecule has 1 fully saturated rings. The molecule has 116 valence electrons. The molecule has 2 radical (unpaired) electrons. The third kappa shape index (κ3) is 6.02. The molecule has 0 aromatic rings. The van der Waals surface area contributed by atoms with Crippen LogP contribution < -0.4 is 0 Å². The Morgan fingerprint density at radius 2 is 2.00 bits per heavy atom. The fraction of sp³-hybridized carbons (Fsp3) is 0.667. The summed E-state index contributed by atoms with van der Waals surface area (Å²) in [5.74, 6) is 0.890. The molecule has 2 rings (SSSR count). The first-order valence-electron chi connectivity index (χ1n) is 6.59. The molecule has 0 aromatic carbocycles. The molecular weight excluding hydrogens is 330 g/mol. The van der Waals surface area contributed by atoms with Gasteiger partial charge in [-0.1, -0.05) is 31.4 Å². The first kappa shape index (κ1) is 21.5. The zero-order valence-corrected chi connectivity index (χ0v) is 14.0. The maximum Gasteiger partial charge on any atom is 0.303 e. The van der Waals surface area contributed by atoms with Gasteiger partial charge in [0.25, 0.3) is 0 Å². The Labute approximate surface area is 138 Å². The Morgan fingerprint density at radius 1 is 1.37 bits per heavy atom. The normalized spacial score (nSPS) is 28.2. The topological polar surface area (TPSA) is 26.3 Å². The van der Waals surface area contributed by atoms with Gasteiger partial charge in [0.15, 0.2) is 0 Å². The largest absolute Gasteiger partial charge is 0.458 e. The molecule has 0 bridgehead atoms. The van der Waals surface area contributed by atoms with Crippen LogP contribution in [-0.4, -0.2) is 12.1 Å². The van der Waals surface area contributed by atoms with Crippen molar-refractivity contribution in [1.29, 1.82) is 0 Å². The maximum atomic E-state index is 11.1. The summed E-state index contributed by atoms with van der Waals surface area (Å²) < 4.78 is 5.45.